The number of rotatable bonds is 5. The van der Waals surface area contributed by atoms with Gasteiger partial charge >= 0.3 is 0 Å². The van der Waals surface area contributed by atoms with Crippen LogP contribution in [0.5, 0.6) is 0 Å². The van der Waals surface area contributed by atoms with E-state index < -0.39 is 5.66 Å². The third-order valence-electron chi connectivity index (χ3n) is 11.7. The molecule has 0 radical (unpaired) electrons. The van der Waals surface area contributed by atoms with Crippen molar-refractivity contribution in [1.82, 2.24) is 9.97 Å². The molecule has 6 heteroatoms. The number of amidine groups is 1. The van der Waals surface area contributed by atoms with E-state index >= 15 is 0 Å². The van der Waals surface area contributed by atoms with Crippen LogP contribution in [0.15, 0.2) is 163 Å². The Hall–Kier alpha value is -7.31. The fourth-order valence-corrected chi connectivity index (χ4v) is 9.32. The molecule has 6 nitrogen and oxygen atoms in total. The summed E-state index contributed by atoms with van der Waals surface area (Å²) in [6, 6.07) is 52.3. The first-order valence-electron chi connectivity index (χ1n) is 18.7. The molecule has 0 aliphatic carbocycles. The summed E-state index contributed by atoms with van der Waals surface area (Å²) >= 11 is 0. The maximum absolute atomic E-state index is 4.88. The first-order valence-corrected chi connectivity index (χ1v) is 18.7. The maximum Gasteiger partial charge on any atom is 0.154 e. The summed E-state index contributed by atoms with van der Waals surface area (Å²) in [5.41, 5.74) is 8.90. The van der Waals surface area contributed by atoms with Gasteiger partial charge in [-0.1, -0.05) is 103 Å². The number of nitrogens with zero attached hydrogens (tertiary/aromatic N) is 3. The number of benzene rings is 8. The molecule has 2 aromatic heterocycles. The second-order valence-corrected chi connectivity index (χ2v) is 14.8. The summed E-state index contributed by atoms with van der Waals surface area (Å²) in [5.74, 6) is 2.35. The van der Waals surface area contributed by atoms with Crippen LogP contribution in [-0.2, 0) is 5.66 Å². The summed E-state index contributed by atoms with van der Waals surface area (Å²) < 4.78 is 0. The largest absolute Gasteiger partial charge is 0.359 e. The smallest absolute Gasteiger partial charge is 0.154 e. The Labute approximate surface area is 316 Å². The van der Waals surface area contributed by atoms with Crippen LogP contribution < -0.4 is 16.0 Å². The highest BCUT2D eigenvalue weighted by atomic mass is 15.2. The van der Waals surface area contributed by atoms with Crippen LogP contribution in [0.2, 0.25) is 0 Å². The third kappa shape index (κ3) is 4.33. The van der Waals surface area contributed by atoms with Crippen LogP contribution in [-0.4, -0.2) is 15.8 Å². The second kappa shape index (κ2) is 11.1. The third-order valence-corrected chi connectivity index (χ3v) is 11.7. The van der Waals surface area contributed by atoms with Crippen molar-refractivity contribution in [1.29, 1.82) is 0 Å². The lowest BCUT2D eigenvalue weighted by Crippen LogP contribution is -2.37. The SMILES string of the molecule is CC1(Nc2ccccn2)Nc2ccc(-c3ccc4ccc5c(-c6ccc7c8c(cccc68)NC7=Nc6ccccn6)ccc6ccc3c4c65)c3cccc1c23. The summed E-state index contributed by atoms with van der Waals surface area (Å²) in [5, 5.41) is 23.5. The predicted octanol–water partition coefficient (Wildman–Crippen LogP) is 12.2. The molecule has 0 bridgehead atoms. The fourth-order valence-electron chi connectivity index (χ4n) is 9.32. The Balaban J connectivity index is 1.03. The minimum atomic E-state index is -0.500. The van der Waals surface area contributed by atoms with E-state index in [1.165, 1.54) is 81.7 Å². The van der Waals surface area contributed by atoms with E-state index in [9.17, 15) is 0 Å². The van der Waals surface area contributed by atoms with Gasteiger partial charge in [-0.05, 0) is 115 Å². The number of anilines is 3. The van der Waals surface area contributed by atoms with Crippen LogP contribution in [0.4, 0.5) is 23.0 Å². The van der Waals surface area contributed by atoms with Crippen molar-refractivity contribution in [3.8, 4) is 22.3 Å². The molecule has 2 aliphatic heterocycles. The second-order valence-electron chi connectivity index (χ2n) is 14.8. The fraction of sp³-hybridized carbons (Fsp3) is 0.0408. The number of aliphatic imine (C=N–C) groups is 1. The van der Waals surface area contributed by atoms with Crippen molar-refractivity contribution in [3.63, 3.8) is 0 Å². The van der Waals surface area contributed by atoms with Gasteiger partial charge in [0.1, 0.15) is 17.3 Å². The molecule has 0 amide bonds. The molecule has 1 unspecified atom stereocenters. The molecule has 0 spiro atoms. The average molecular weight is 705 g/mol. The van der Waals surface area contributed by atoms with Crippen LogP contribution in [0.25, 0.3) is 76.1 Å². The summed E-state index contributed by atoms with van der Waals surface area (Å²) in [7, 11) is 0. The van der Waals surface area contributed by atoms with Crippen molar-refractivity contribution in [2.24, 2.45) is 4.99 Å². The highest BCUT2D eigenvalue weighted by Gasteiger charge is 2.36. The van der Waals surface area contributed by atoms with Crippen LogP contribution >= 0.6 is 0 Å². The molecule has 10 aromatic rings. The van der Waals surface area contributed by atoms with Crippen molar-refractivity contribution >= 4 is 82.7 Å². The molecule has 0 saturated carbocycles. The summed E-state index contributed by atoms with van der Waals surface area (Å²) in [4.78, 5) is 13.9. The molecule has 2 aliphatic rings. The van der Waals surface area contributed by atoms with Gasteiger partial charge in [-0.2, -0.15) is 0 Å². The number of hydrogen-bond acceptors (Lipinski definition) is 5. The van der Waals surface area contributed by atoms with Crippen LogP contribution in [0, 0.1) is 0 Å². The molecule has 55 heavy (non-hydrogen) atoms. The topological polar surface area (TPSA) is 74.2 Å². The van der Waals surface area contributed by atoms with Gasteiger partial charge in [-0.3, -0.25) is 0 Å². The first-order chi connectivity index (χ1) is 27.1. The highest BCUT2D eigenvalue weighted by molar-refractivity contribution is 6.31. The lowest BCUT2D eigenvalue weighted by molar-refractivity contribution is 0.645. The Bertz CT molecular complexity index is 3250. The van der Waals surface area contributed by atoms with Gasteiger partial charge in [0.05, 0.1) is 0 Å². The summed E-state index contributed by atoms with van der Waals surface area (Å²) in [6.45, 7) is 2.19. The van der Waals surface area contributed by atoms with Gasteiger partial charge in [-0.15, -0.1) is 0 Å². The van der Waals surface area contributed by atoms with Gasteiger partial charge in [0.25, 0.3) is 0 Å². The first kappa shape index (κ1) is 30.2. The zero-order chi connectivity index (χ0) is 36.3. The Morgan fingerprint density at radius 2 is 1.09 bits per heavy atom. The Morgan fingerprint density at radius 1 is 0.491 bits per heavy atom. The zero-order valence-electron chi connectivity index (χ0n) is 29.9. The van der Waals surface area contributed by atoms with Gasteiger partial charge in [0.2, 0.25) is 0 Å². The molecule has 8 aromatic carbocycles. The molecular formula is C49H32N6. The monoisotopic (exact) mass is 704 g/mol. The number of aromatic nitrogens is 2. The molecule has 0 saturated heterocycles. The molecule has 0 fully saturated rings. The maximum atomic E-state index is 4.88. The van der Waals surface area contributed by atoms with Crippen LogP contribution in [0.1, 0.15) is 18.1 Å². The number of nitrogens with one attached hydrogen (secondary N) is 3. The molecular weight excluding hydrogens is 673 g/mol. The average Bonchev–Trinajstić information content (AvgIpc) is 3.73. The minimum Gasteiger partial charge on any atom is -0.359 e. The standard InChI is InChI=1S/C49H32N6/c1-49(55-43-13-3-5-27-51-43)39-10-6-8-35-33(24-25-41(54-49)47(35)39)31-19-15-29-16-20-36-30(18-14-28-17-21-37(31)45(29)44(28)36)32-22-23-38-46-34(32)9-7-11-40(46)52-48(38)53-42-12-2-4-26-50-42/h2-27,54H,1H3,(H,51,55)(H,50,52,53). The van der Waals surface area contributed by atoms with E-state index in [1.807, 2.05) is 42.6 Å². The van der Waals surface area contributed by atoms with Gasteiger partial charge in [0, 0.05) is 45.7 Å². The Kier molecular flexibility index (Phi) is 6.09. The number of hydrogen-bond donors (Lipinski definition) is 3. The molecule has 258 valence electrons. The quantitative estimate of drug-likeness (QED) is 0.156. The molecule has 12 rings (SSSR count). The van der Waals surface area contributed by atoms with Gasteiger partial charge in [-0.25, -0.2) is 15.0 Å². The van der Waals surface area contributed by atoms with E-state index in [0.29, 0.717) is 5.82 Å². The summed E-state index contributed by atoms with van der Waals surface area (Å²) in [6.07, 6.45) is 3.60. The van der Waals surface area contributed by atoms with Gasteiger partial charge in [0.15, 0.2) is 5.82 Å². The van der Waals surface area contributed by atoms with Crippen molar-refractivity contribution < 1.29 is 0 Å². The van der Waals surface area contributed by atoms with Crippen molar-refractivity contribution in [2.75, 3.05) is 16.0 Å². The lowest BCUT2D eigenvalue weighted by Gasteiger charge is -2.29. The molecule has 4 heterocycles. The number of pyridine rings is 2. The van der Waals surface area contributed by atoms with E-state index in [4.69, 9.17) is 4.99 Å². The normalized spacial score (nSPS) is 16.5. The molecule has 1 atom stereocenters. The van der Waals surface area contributed by atoms with E-state index in [1.54, 1.807) is 6.20 Å². The van der Waals surface area contributed by atoms with Crippen LogP contribution in [0.3, 0.4) is 0 Å². The lowest BCUT2D eigenvalue weighted by atomic mass is 9.85. The van der Waals surface area contributed by atoms with E-state index in [0.717, 1.165) is 28.6 Å². The predicted molar refractivity (Wildman–Crippen MR) is 229 cm³/mol. The molecule has 3 N–H and O–H groups in total. The van der Waals surface area contributed by atoms with Crippen molar-refractivity contribution in [3.05, 3.63) is 169 Å². The zero-order valence-corrected chi connectivity index (χ0v) is 29.9. The van der Waals surface area contributed by atoms with E-state index in [-0.39, 0.29) is 0 Å². The van der Waals surface area contributed by atoms with Crippen molar-refractivity contribution in [2.45, 2.75) is 12.6 Å². The van der Waals surface area contributed by atoms with Gasteiger partial charge < -0.3 is 16.0 Å². The Morgan fingerprint density at radius 3 is 1.78 bits per heavy atom. The highest BCUT2D eigenvalue weighted by Crippen LogP contribution is 2.49. The van der Waals surface area contributed by atoms with E-state index in [2.05, 4.69) is 142 Å². The minimum absolute atomic E-state index is 0.500.